The molecule has 0 aliphatic carbocycles. The third-order valence-corrected chi connectivity index (χ3v) is 12.5. The van der Waals surface area contributed by atoms with E-state index in [2.05, 4.69) is 26.1 Å². The first-order valence-electron chi connectivity index (χ1n) is 27.2. The Bertz CT molecular complexity index is 893. The van der Waals surface area contributed by atoms with Crippen LogP contribution in [0.15, 0.2) is 0 Å². The van der Waals surface area contributed by atoms with Crippen LogP contribution in [0.5, 0.6) is 0 Å². The number of carbonyl (C=O) groups is 3. The Morgan fingerprint density at radius 1 is 0.333 bits per heavy atom. The largest absolute Gasteiger partial charge is 0.466 e. The molecule has 0 unspecified atom stereocenters. The van der Waals surface area contributed by atoms with Crippen molar-refractivity contribution >= 4 is 17.8 Å². The maximum absolute atomic E-state index is 13.1. The Hall–Kier alpha value is -1.59. The monoisotopic (exact) mass is 848 g/mol. The molecule has 0 aromatic heterocycles. The van der Waals surface area contributed by atoms with Gasteiger partial charge in [-0.05, 0) is 19.3 Å². The van der Waals surface area contributed by atoms with Crippen molar-refractivity contribution in [1.29, 1.82) is 0 Å². The predicted molar refractivity (Wildman–Crippen MR) is 259 cm³/mol. The van der Waals surface area contributed by atoms with E-state index in [-0.39, 0.29) is 12.3 Å². The van der Waals surface area contributed by atoms with Crippen molar-refractivity contribution in [1.82, 2.24) is 5.32 Å². The number of hydrogen-bond acceptors (Lipinski definition) is 5. The molecule has 0 saturated heterocycles. The van der Waals surface area contributed by atoms with Gasteiger partial charge in [0.1, 0.15) is 6.04 Å². The van der Waals surface area contributed by atoms with Gasteiger partial charge in [-0.25, -0.2) is 4.79 Å². The minimum absolute atomic E-state index is 0.166. The average molecular weight is 848 g/mol. The van der Waals surface area contributed by atoms with Gasteiger partial charge in [-0.1, -0.05) is 278 Å². The topological polar surface area (TPSA) is 81.7 Å². The van der Waals surface area contributed by atoms with Crippen LogP contribution in [-0.4, -0.2) is 37.1 Å². The summed E-state index contributed by atoms with van der Waals surface area (Å²) >= 11 is 0. The molecular formula is C54H105NO5. The molecule has 0 saturated carbocycles. The van der Waals surface area contributed by atoms with E-state index >= 15 is 0 Å². The Labute approximate surface area is 374 Å². The lowest BCUT2D eigenvalue weighted by Crippen LogP contribution is -2.43. The van der Waals surface area contributed by atoms with Gasteiger partial charge in [0.25, 0.3) is 0 Å². The second kappa shape index (κ2) is 50.1. The highest BCUT2D eigenvalue weighted by atomic mass is 16.5. The molecule has 1 atom stereocenters. The summed E-state index contributed by atoms with van der Waals surface area (Å²) in [5, 5.41) is 2.83. The molecule has 0 aromatic rings. The van der Waals surface area contributed by atoms with E-state index in [1.165, 1.54) is 225 Å². The molecule has 0 aliphatic rings. The summed E-state index contributed by atoms with van der Waals surface area (Å²) in [7, 11) is 0. The van der Waals surface area contributed by atoms with E-state index in [0.717, 1.165) is 51.4 Å². The molecule has 0 radical (unpaired) electrons. The summed E-state index contributed by atoms with van der Waals surface area (Å²) in [4.78, 5) is 38.8. The van der Waals surface area contributed by atoms with Gasteiger partial charge >= 0.3 is 11.9 Å². The van der Waals surface area contributed by atoms with Crippen LogP contribution in [0.3, 0.4) is 0 Å². The molecule has 0 rings (SSSR count). The zero-order valence-electron chi connectivity index (χ0n) is 40.9. The van der Waals surface area contributed by atoms with Crippen LogP contribution in [0.2, 0.25) is 0 Å². The Kier molecular flexibility index (Phi) is 48.7. The van der Waals surface area contributed by atoms with Crippen molar-refractivity contribution in [2.45, 2.75) is 316 Å². The number of esters is 2. The van der Waals surface area contributed by atoms with Gasteiger partial charge in [0.15, 0.2) is 0 Å². The molecule has 6 heteroatoms. The van der Waals surface area contributed by atoms with Crippen molar-refractivity contribution in [3.63, 3.8) is 0 Å². The van der Waals surface area contributed by atoms with Gasteiger partial charge in [-0.15, -0.1) is 0 Å². The van der Waals surface area contributed by atoms with Crippen molar-refractivity contribution in [2.24, 2.45) is 0 Å². The Morgan fingerprint density at radius 3 is 0.883 bits per heavy atom. The van der Waals surface area contributed by atoms with Crippen molar-refractivity contribution in [2.75, 3.05) is 13.2 Å². The summed E-state index contributed by atoms with van der Waals surface area (Å²) in [6.45, 7) is 7.51. The van der Waals surface area contributed by atoms with Crippen LogP contribution in [-0.2, 0) is 23.9 Å². The average Bonchev–Trinajstić information content (AvgIpc) is 3.24. The minimum atomic E-state index is -0.982. The number of nitrogens with one attached hydrogen (secondary N) is 1. The summed E-state index contributed by atoms with van der Waals surface area (Å²) in [6, 6.07) is -0.982. The van der Waals surface area contributed by atoms with Crippen molar-refractivity contribution in [3.8, 4) is 0 Å². The second-order valence-electron chi connectivity index (χ2n) is 18.6. The first-order valence-corrected chi connectivity index (χ1v) is 27.2. The van der Waals surface area contributed by atoms with E-state index in [0.29, 0.717) is 19.6 Å². The van der Waals surface area contributed by atoms with Gasteiger partial charge in [-0.2, -0.15) is 0 Å². The lowest BCUT2D eigenvalue weighted by molar-refractivity contribution is -0.154. The number of carbonyl (C=O) groups excluding carboxylic acids is 3. The van der Waals surface area contributed by atoms with E-state index in [9.17, 15) is 14.4 Å². The van der Waals surface area contributed by atoms with Crippen LogP contribution >= 0.6 is 0 Å². The molecule has 6 nitrogen and oxygen atoms in total. The molecule has 1 N–H and O–H groups in total. The van der Waals surface area contributed by atoms with Gasteiger partial charge < -0.3 is 14.8 Å². The van der Waals surface area contributed by atoms with Crippen LogP contribution < -0.4 is 5.32 Å². The molecule has 356 valence electrons. The Morgan fingerprint density at radius 2 is 0.583 bits per heavy atom. The fourth-order valence-corrected chi connectivity index (χ4v) is 8.39. The van der Waals surface area contributed by atoms with Gasteiger partial charge in [0.2, 0.25) is 5.91 Å². The lowest BCUT2D eigenvalue weighted by Gasteiger charge is -2.17. The van der Waals surface area contributed by atoms with E-state index in [1.54, 1.807) is 0 Å². The second-order valence-corrected chi connectivity index (χ2v) is 18.6. The highest BCUT2D eigenvalue weighted by molar-refractivity contribution is 5.88. The zero-order chi connectivity index (χ0) is 43.7. The predicted octanol–water partition coefficient (Wildman–Crippen LogP) is 17.2. The fraction of sp³-hybridized carbons (Fsp3) is 0.944. The molecule has 60 heavy (non-hydrogen) atoms. The molecule has 0 aromatic carbocycles. The Balaban J connectivity index is 4.28. The number of rotatable bonds is 50. The van der Waals surface area contributed by atoms with E-state index in [1.807, 2.05) is 0 Å². The van der Waals surface area contributed by atoms with Crippen LogP contribution in [0.1, 0.15) is 310 Å². The quantitative estimate of drug-likeness (QED) is 0.0487. The minimum Gasteiger partial charge on any atom is -0.466 e. The van der Waals surface area contributed by atoms with Crippen LogP contribution in [0.25, 0.3) is 0 Å². The van der Waals surface area contributed by atoms with Crippen LogP contribution in [0, 0.1) is 0 Å². The maximum Gasteiger partial charge on any atom is 0.329 e. The molecule has 0 heterocycles. The first kappa shape index (κ1) is 58.4. The molecular weight excluding hydrogens is 743 g/mol. The summed E-state index contributed by atoms with van der Waals surface area (Å²) < 4.78 is 11.1. The maximum atomic E-state index is 13.1. The molecule has 0 fully saturated rings. The van der Waals surface area contributed by atoms with Crippen molar-refractivity contribution < 1.29 is 23.9 Å². The lowest BCUT2D eigenvalue weighted by atomic mass is 10.0. The standard InChI is InChI=1S/C54H105NO5/c1-4-7-10-13-16-19-22-24-26-28-30-33-36-39-42-45-48-59-53(57)50-51(55-52(56)47-44-41-38-35-32-21-18-15-12-9-6-3)54(58)60-49-46-43-40-37-34-31-29-27-25-23-20-17-14-11-8-5-2/h51H,4-50H2,1-3H3,(H,55,56)/t51-/m0/s1. The summed E-state index contributed by atoms with van der Waals surface area (Å²) in [5.74, 6) is -1.13. The molecule has 0 bridgehead atoms. The molecule has 0 spiro atoms. The fourth-order valence-electron chi connectivity index (χ4n) is 8.39. The van der Waals surface area contributed by atoms with E-state index in [4.69, 9.17) is 9.47 Å². The van der Waals surface area contributed by atoms with Gasteiger partial charge in [0.05, 0.1) is 19.6 Å². The smallest absolute Gasteiger partial charge is 0.329 e. The number of ether oxygens (including phenoxy) is 2. The highest BCUT2D eigenvalue weighted by Gasteiger charge is 2.26. The number of hydrogen-bond donors (Lipinski definition) is 1. The molecule has 0 aliphatic heterocycles. The normalized spacial score (nSPS) is 11.8. The molecule has 1 amide bonds. The SMILES string of the molecule is CCCCCCCCCCCCCCCCCCOC(=O)C[C@H](NC(=O)CCCCCCCCCCCCC)C(=O)OCCCCCCCCCCCCCCCCCC. The number of amides is 1. The third kappa shape index (κ3) is 45.9. The highest BCUT2D eigenvalue weighted by Crippen LogP contribution is 2.17. The first-order chi connectivity index (χ1) is 29.5. The summed E-state index contributed by atoms with van der Waals surface area (Å²) in [5.41, 5.74) is 0. The number of unbranched alkanes of at least 4 members (excludes halogenated alkanes) is 40. The van der Waals surface area contributed by atoms with E-state index < -0.39 is 18.0 Å². The van der Waals surface area contributed by atoms with Crippen LogP contribution in [0.4, 0.5) is 0 Å². The van der Waals surface area contributed by atoms with Gasteiger partial charge in [-0.3, -0.25) is 9.59 Å². The third-order valence-electron chi connectivity index (χ3n) is 12.5. The van der Waals surface area contributed by atoms with Crippen molar-refractivity contribution in [3.05, 3.63) is 0 Å². The zero-order valence-corrected chi connectivity index (χ0v) is 40.9. The van der Waals surface area contributed by atoms with Gasteiger partial charge in [0, 0.05) is 6.42 Å². The summed E-state index contributed by atoms with van der Waals surface area (Å²) in [6.07, 6.45) is 55.1.